The summed E-state index contributed by atoms with van der Waals surface area (Å²) in [5.41, 5.74) is 0. The summed E-state index contributed by atoms with van der Waals surface area (Å²) in [6, 6.07) is 2.06. The van der Waals surface area contributed by atoms with Crippen molar-refractivity contribution < 1.29 is 4.58 Å². The Morgan fingerprint density at radius 3 is 2.14 bits per heavy atom. The van der Waals surface area contributed by atoms with E-state index >= 15 is 0 Å². The van der Waals surface area contributed by atoms with Crippen LogP contribution in [0.5, 0.6) is 0 Å². The van der Waals surface area contributed by atoms with E-state index in [1.165, 1.54) is 0 Å². The molecule has 0 aromatic rings. The van der Waals surface area contributed by atoms with E-state index in [1.54, 1.807) is 0 Å². The number of hydrogen-bond donors (Lipinski definition) is 1. The third kappa shape index (κ3) is 4.47. The van der Waals surface area contributed by atoms with Gasteiger partial charge in [0.25, 0.3) is 12.0 Å². The zero-order valence-electron chi connectivity index (χ0n) is 8.88. The third-order valence-corrected chi connectivity index (χ3v) is 1.82. The van der Waals surface area contributed by atoms with Crippen molar-refractivity contribution in [3.8, 4) is 12.3 Å². The Hall–Kier alpha value is -1.55. The zero-order valence-corrected chi connectivity index (χ0v) is 8.88. The standard InChI is InChI=1S/C10H16N4/c1-3-7-14(8-4-2)10(5-6-11)13-9-12/h3-5,7-8H2,1-2H3/p+1. The molecule has 4 heteroatoms. The number of amidine groups is 1. The van der Waals surface area contributed by atoms with Gasteiger partial charge in [0.2, 0.25) is 0 Å². The summed E-state index contributed by atoms with van der Waals surface area (Å²) in [6.45, 7) is 5.94. The minimum atomic E-state index is 0.271. The Morgan fingerprint density at radius 2 is 1.79 bits per heavy atom. The van der Waals surface area contributed by atoms with E-state index in [0.29, 0.717) is 0 Å². The van der Waals surface area contributed by atoms with Gasteiger partial charge in [0.1, 0.15) is 6.42 Å². The summed E-state index contributed by atoms with van der Waals surface area (Å²) < 4.78 is 2.06. The lowest BCUT2D eigenvalue weighted by Gasteiger charge is -2.07. The van der Waals surface area contributed by atoms with Gasteiger partial charge in [-0.2, -0.15) is 10.6 Å². The van der Waals surface area contributed by atoms with Crippen molar-refractivity contribution in [2.45, 2.75) is 33.1 Å². The first-order chi connectivity index (χ1) is 6.79. The molecule has 0 amide bonds. The third-order valence-electron chi connectivity index (χ3n) is 1.82. The van der Waals surface area contributed by atoms with Gasteiger partial charge in [0.15, 0.2) is 0 Å². The summed E-state index contributed by atoms with van der Waals surface area (Å²) in [5, 5.41) is 19.7. The molecule has 0 heterocycles. The Balaban J connectivity index is 4.66. The van der Waals surface area contributed by atoms with E-state index in [9.17, 15) is 0 Å². The van der Waals surface area contributed by atoms with E-state index in [-0.39, 0.29) is 6.42 Å². The molecule has 76 valence electrons. The average molecular weight is 193 g/mol. The molecule has 0 saturated carbocycles. The quantitative estimate of drug-likeness (QED) is 0.235. The maximum absolute atomic E-state index is 8.60. The second kappa shape index (κ2) is 8.07. The van der Waals surface area contributed by atoms with Gasteiger partial charge >= 0.3 is 0 Å². The van der Waals surface area contributed by atoms with Gasteiger partial charge < -0.3 is 0 Å². The van der Waals surface area contributed by atoms with Crippen LogP contribution < -0.4 is 5.32 Å². The Morgan fingerprint density at radius 1 is 1.21 bits per heavy atom. The highest BCUT2D eigenvalue weighted by Gasteiger charge is 2.11. The molecular formula is C10H17N4+. The molecule has 0 bridgehead atoms. The molecule has 0 aromatic carbocycles. The Labute approximate surface area is 85.5 Å². The van der Waals surface area contributed by atoms with Crippen molar-refractivity contribution in [2.24, 2.45) is 0 Å². The molecule has 0 aliphatic rings. The minimum Gasteiger partial charge on any atom is -0.264 e. The predicted octanol–water partition coefficient (Wildman–Crippen LogP) is 1.20. The largest absolute Gasteiger partial charge is 0.288 e. The number of rotatable bonds is 5. The summed E-state index contributed by atoms with van der Waals surface area (Å²) in [6.07, 6.45) is 4.17. The highest BCUT2D eigenvalue weighted by atomic mass is 15.1. The van der Waals surface area contributed by atoms with Crippen LogP contribution in [-0.2, 0) is 0 Å². The molecule has 0 aliphatic carbocycles. The van der Waals surface area contributed by atoms with E-state index in [0.717, 1.165) is 31.8 Å². The summed E-state index contributed by atoms with van der Waals surface area (Å²) in [7, 11) is 0. The smallest absolute Gasteiger partial charge is 0.264 e. The lowest BCUT2D eigenvalue weighted by Crippen LogP contribution is -2.32. The lowest BCUT2D eigenvalue weighted by atomic mass is 10.3. The second-order valence-corrected chi connectivity index (χ2v) is 3.01. The van der Waals surface area contributed by atoms with Gasteiger partial charge in [-0.1, -0.05) is 13.8 Å². The van der Waals surface area contributed by atoms with Gasteiger partial charge in [0.05, 0.1) is 19.2 Å². The first-order valence-corrected chi connectivity index (χ1v) is 4.92. The van der Waals surface area contributed by atoms with Crippen LogP contribution >= 0.6 is 0 Å². The molecule has 1 N–H and O–H groups in total. The van der Waals surface area contributed by atoms with Crippen LogP contribution in [0.15, 0.2) is 0 Å². The van der Waals surface area contributed by atoms with Crippen LogP contribution in [0.3, 0.4) is 0 Å². The van der Waals surface area contributed by atoms with Crippen molar-refractivity contribution in [3.63, 3.8) is 0 Å². The van der Waals surface area contributed by atoms with Crippen LogP contribution in [-0.4, -0.2) is 23.5 Å². The van der Waals surface area contributed by atoms with Crippen molar-refractivity contribution in [1.29, 1.82) is 10.5 Å². The maximum atomic E-state index is 8.60. The molecular weight excluding hydrogens is 176 g/mol. The fraction of sp³-hybridized carbons (Fsp3) is 0.700. The van der Waals surface area contributed by atoms with Crippen molar-refractivity contribution in [1.82, 2.24) is 5.32 Å². The maximum Gasteiger partial charge on any atom is 0.288 e. The van der Waals surface area contributed by atoms with Gasteiger partial charge in [-0.25, -0.2) is 0 Å². The van der Waals surface area contributed by atoms with Crippen LogP contribution in [0.2, 0.25) is 0 Å². The molecule has 0 aliphatic heterocycles. The molecule has 0 saturated heterocycles. The first kappa shape index (κ1) is 12.4. The molecule has 14 heavy (non-hydrogen) atoms. The molecule has 0 spiro atoms. The monoisotopic (exact) mass is 193 g/mol. The molecule has 0 unspecified atom stereocenters. The molecule has 0 radical (unpaired) electrons. The van der Waals surface area contributed by atoms with E-state index in [1.807, 2.05) is 6.19 Å². The normalized spacial score (nSPS) is 8.57. The van der Waals surface area contributed by atoms with Crippen LogP contribution in [0.1, 0.15) is 33.1 Å². The number of nitrogens with zero attached hydrogens (tertiary/aromatic N) is 3. The summed E-state index contributed by atoms with van der Waals surface area (Å²) in [4.78, 5) is 0. The molecule has 0 fully saturated rings. The van der Waals surface area contributed by atoms with Crippen molar-refractivity contribution in [2.75, 3.05) is 13.1 Å². The molecule has 0 atom stereocenters. The molecule has 4 nitrogen and oxygen atoms in total. The topological polar surface area (TPSA) is 62.6 Å². The lowest BCUT2D eigenvalue weighted by molar-refractivity contribution is -0.530. The number of nitriles is 2. The molecule has 0 rings (SSSR count). The highest BCUT2D eigenvalue weighted by molar-refractivity contribution is 5.80. The van der Waals surface area contributed by atoms with Crippen molar-refractivity contribution >= 4 is 5.84 Å². The minimum absolute atomic E-state index is 0.271. The zero-order chi connectivity index (χ0) is 10.8. The van der Waals surface area contributed by atoms with Crippen LogP contribution in [0.25, 0.3) is 0 Å². The summed E-state index contributed by atoms with van der Waals surface area (Å²) in [5.74, 6) is 0.721. The number of nitrogens with one attached hydrogen (secondary N) is 1. The van der Waals surface area contributed by atoms with E-state index < -0.39 is 0 Å². The van der Waals surface area contributed by atoms with Crippen LogP contribution in [0, 0.1) is 22.8 Å². The SMILES string of the molecule is CCC[N+](CCC)=C(CC#N)NC#N. The highest BCUT2D eigenvalue weighted by Crippen LogP contribution is 1.90. The fourth-order valence-electron chi connectivity index (χ4n) is 1.30. The van der Waals surface area contributed by atoms with Gasteiger partial charge in [-0.05, 0) is 12.8 Å². The van der Waals surface area contributed by atoms with Gasteiger partial charge in [-0.3, -0.25) is 4.58 Å². The van der Waals surface area contributed by atoms with E-state index in [2.05, 4.69) is 29.8 Å². The van der Waals surface area contributed by atoms with Gasteiger partial charge in [-0.15, -0.1) is 5.26 Å². The van der Waals surface area contributed by atoms with Gasteiger partial charge in [0, 0.05) is 0 Å². The first-order valence-electron chi connectivity index (χ1n) is 4.92. The number of hydrogen-bond acceptors (Lipinski definition) is 2. The second-order valence-electron chi connectivity index (χ2n) is 3.01. The van der Waals surface area contributed by atoms with E-state index in [4.69, 9.17) is 10.5 Å². The molecule has 0 aromatic heterocycles. The fourth-order valence-corrected chi connectivity index (χ4v) is 1.30. The average Bonchev–Trinajstić information content (AvgIpc) is 2.17. The Bertz CT molecular complexity index is 241. The summed E-state index contributed by atoms with van der Waals surface area (Å²) >= 11 is 0. The van der Waals surface area contributed by atoms with Crippen LogP contribution in [0.4, 0.5) is 0 Å². The predicted molar refractivity (Wildman–Crippen MR) is 54.6 cm³/mol. The Kier molecular flexibility index (Phi) is 7.17. The van der Waals surface area contributed by atoms with Crippen molar-refractivity contribution in [3.05, 3.63) is 0 Å².